The van der Waals surface area contributed by atoms with Gasteiger partial charge in [-0.05, 0) is 25.3 Å². The minimum Gasteiger partial charge on any atom is -0.310 e. The maximum Gasteiger partial charge on any atom is 0.0537 e. The fourth-order valence-electron chi connectivity index (χ4n) is 1.82. The van der Waals surface area contributed by atoms with E-state index in [0.29, 0.717) is 6.04 Å². The lowest BCUT2D eigenvalue weighted by molar-refractivity contribution is 0.485. The van der Waals surface area contributed by atoms with Gasteiger partial charge in [0.1, 0.15) is 0 Å². The second kappa shape index (κ2) is 6.69. The summed E-state index contributed by atoms with van der Waals surface area (Å²) in [5.74, 6) is 0.739. The quantitative estimate of drug-likeness (QED) is 0.770. The van der Waals surface area contributed by atoms with Gasteiger partial charge < -0.3 is 5.32 Å². The molecule has 1 unspecified atom stereocenters. The monoisotopic (exact) mass is 223 g/mol. The van der Waals surface area contributed by atoms with E-state index in [9.17, 15) is 0 Å². The Kier molecular flexibility index (Phi) is 5.53. The first kappa shape index (κ1) is 13.2. The Morgan fingerprint density at radius 1 is 1.38 bits per heavy atom. The molecule has 1 N–H and O–H groups in total. The van der Waals surface area contributed by atoms with Crippen molar-refractivity contribution < 1.29 is 0 Å². The third-order valence-electron chi connectivity index (χ3n) is 2.85. The molecule has 3 heteroatoms. The Morgan fingerprint density at radius 2 is 2.12 bits per heavy atom. The predicted octanol–water partition coefficient (Wildman–Crippen LogP) is 2.99. The summed E-state index contributed by atoms with van der Waals surface area (Å²) in [7, 11) is 0. The summed E-state index contributed by atoms with van der Waals surface area (Å²) in [6.07, 6.45) is 6.49. The lowest BCUT2D eigenvalue weighted by atomic mass is 10.1. The molecule has 0 saturated carbocycles. The van der Waals surface area contributed by atoms with Crippen molar-refractivity contribution in [2.75, 3.05) is 6.54 Å². The largest absolute Gasteiger partial charge is 0.310 e. The summed E-state index contributed by atoms with van der Waals surface area (Å²) < 4.78 is 2.06. The molecule has 1 heterocycles. The van der Waals surface area contributed by atoms with Crippen molar-refractivity contribution in [3.05, 3.63) is 18.0 Å². The van der Waals surface area contributed by atoms with Gasteiger partial charge in [-0.25, -0.2) is 0 Å². The topological polar surface area (TPSA) is 29.9 Å². The molecule has 0 aliphatic rings. The van der Waals surface area contributed by atoms with Gasteiger partial charge in [0.05, 0.1) is 6.20 Å². The van der Waals surface area contributed by atoms with Gasteiger partial charge in [0.25, 0.3) is 0 Å². The molecule has 1 aromatic rings. The molecule has 0 bridgehead atoms. The van der Waals surface area contributed by atoms with E-state index in [1.807, 2.05) is 6.20 Å². The molecule has 1 atom stereocenters. The third-order valence-corrected chi connectivity index (χ3v) is 2.85. The van der Waals surface area contributed by atoms with Crippen molar-refractivity contribution in [3.63, 3.8) is 0 Å². The van der Waals surface area contributed by atoms with Crippen LogP contribution in [0.15, 0.2) is 12.4 Å². The van der Waals surface area contributed by atoms with Crippen LogP contribution in [-0.2, 0) is 6.54 Å². The molecule has 1 aromatic heterocycles. The molecule has 0 fully saturated rings. The highest BCUT2D eigenvalue weighted by molar-refractivity contribution is 5.10. The van der Waals surface area contributed by atoms with Gasteiger partial charge >= 0.3 is 0 Å². The van der Waals surface area contributed by atoms with Crippen LogP contribution in [0.3, 0.4) is 0 Å². The minimum absolute atomic E-state index is 0.456. The molecule has 1 rings (SSSR count). The molecule has 0 spiro atoms. The van der Waals surface area contributed by atoms with E-state index in [1.165, 1.54) is 12.0 Å². The zero-order chi connectivity index (χ0) is 12.0. The van der Waals surface area contributed by atoms with Crippen molar-refractivity contribution in [2.45, 2.75) is 53.1 Å². The Balaban J connectivity index is 2.55. The summed E-state index contributed by atoms with van der Waals surface area (Å²) in [4.78, 5) is 0. The summed E-state index contributed by atoms with van der Waals surface area (Å²) in [5, 5.41) is 7.89. The molecule has 92 valence electrons. The number of aromatic nitrogens is 2. The molecule has 16 heavy (non-hydrogen) atoms. The van der Waals surface area contributed by atoms with Crippen molar-refractivity contribution in [2.24, 2.45) is 5.92 Å². The second-order valence-electron chi connectivity index (χ2n) is 4.74. The van der Waals surface area contributed by atoms with Crippen molar-refractivity contribution >= 4 is 0 Å². The van der Waals surface area contributed by atoms with Gasteiger partial charge in [0, 0.05) is 24.3 Å². The first-order chi connectivity index (χ1) is 7.67. The SMILES string of the molecule is CCNC(CC)c1cnn(CCC(C)C)c1. The van der Waals surface area contributed by atoms with Crippen LogP contribution in [0.2, 0.25) is 0 Å². The summed E-state index contributed by atoms with van der Waals surface area (Å²) in [6, 6.07) is 0.456. The first-order valence-electron chi connectivity index (χ1n) is 6.43. The number of nitrogens with zero attached hydrogens (tertiary/aromatic N) is 2. The maximum absolute atomic E-state index is 4.42. The highest BCUT2D eigenvalue weighted by atomic mass is 15.3. The average Bonchev–Trinajstić information content (AvgIpc) is 2.71. The number of hydrogen-bond acceptors (Lipinski definition) is 2. The van der Waals surface area contributed by atoms with Crippen molar-refractivity contribution in [1.82, 2.24) is 15.1 Å². The van der Waals surface area contributed by atoms with Gasteiger partial charge in [-0.15, -0.1) is 0 Å². The molecule has 0 aliphatic heterocycles. The summed E-state index contributed by atoms with van der Waals surface area (Å²) >= 11 is 0. The van der Waals surface area contributed by atoms with Crippen molar-refractivity contribution in [1.29, 1.82) is 0 Å². The number of rotatable bonds is 7. The summed E-state index contributed by atoms with van der Waals surface area (Å²) in [5.41, 5.74) is 1.31. The van der Waals surface area contributed by atoms with E-state index in [-0.39, 0.29) is 0 Å². The average molecular weight is 223 g/mol. The number of nitrogens with one attached hydrogen (secondary N) is 1. The molecule has 0 aromatic carbocycles. The van der Waals surface area contributed by atoms with E-state index in [4.69, 9.17) is 0 Å². The molecule has 0 radical (unpaired) electrons. The third kappa shape index (κ3) is 3.97. The smallest absolute Gasteiger partial charge is 0.0537 e. The zero-order valence-electron chi connectivity index (χ0n) is 11.0. The second-order valence-corrected chi connectivity index (χ2v) is 4.74. The highest BCUT2D eigenvalue weighted by Crippen LogP contribution is 2.15. The van der Waals surface area contributed by atoms with Crippen LogP contribution in [0.4, 0.5) is 0 Å². The van der Waals surface area contributed by atoms with Gasteiger partial charge in [0.15, 0.2) is 0 Å². The van der Waals surface area contributed by atoms with Gasteiger partial charge in [-0.1, -0.05) is 27.7 Å². The van der Waals surface area contributed by atoms with Gasteiger partial charge in [-0.2, -0.15) is 5.10 Å². The van der Waals surface area contributed by atoms with E-state index < -0.39 is 0 Å². The molecular formula is C13H25N3. The van der Waals surface area contributed by atoms with Crippen LogP contribution in [0.1, 0.15) is 52.1 Å². The zero-order valence-corrected chi connectivity index (χ0v) is 11.0. The first-order valence-corrected chi connectivity index (χ1v) is 6.43. The summed E-state index contributed by atoms with van der Waals surface area (Å²) in [6.45, 7) is 10.9. The van der Waals surface area contributed by atoms with Gasteiger partial charge in [-0.3, -0.25) is 4.68 Å². The molecule has 0 aliphatic carbocycles. The van der Waals surface area contributed by atoms with Crippen LogP contribution in [0.5, 0.6) is 0 Å². The normalized spacial score (nSPS) is 13.3. The molecule has 0 amide bonds. The number of aryl methyl sites for hydroxylation is 1. The lowest BCUT2D eigenvalue weighted by Crippen LogP contribution is -2.19. The Labute approximate surface area is 99.2 Å². The van der Waals surface area contributed by atoms with Crippen LogP contribution in [-0.4, -0.2) is 16.3 Å². The molecule has 3 nitrogen and oxygen atoms in total. The highest BCUT2D eigenvalue weighted by Gasteiger charge is 2.09. The predicted molar refractivity (Wildman–Crippen MR) is 68.4 cm³/mol. The lowest BCUT2D eigenvalue weighted by Gasteiger charge is -2.13. The van der Waals surface area contributed by atoms with E-state index >= 15 is 0 Å². The number of hydrogen-bond donors (Lipinski definition) is 1. The maximum atomic E-state index is 4.42. The van der Waals surface area contributed by atoms with Crippen LogP contribution >= 0.6 is 0 Å². The van der Waals surface area contributed by atoms with E-state index in [2.05, 4.69) is 49.0 Å². The van der Waals surface area contributed by atoms with Gasteiger partial charge in [0.2, 0.25) is 0 Å². The van der Waals surface area contributed by atoms with E-state index in [1.54, 1.807) is 0 Å². The van der Waals surface area contributed by atoms with E-state index in [0.717, 1.165) is 25.4 Å². The minimum atomic E-state index is 0.456. The Hall–Kier alpha value is -0.830. The van der Waals surface area contributed by atoms with Crippen LogP contribution in [0, 0.1) is 5.92 Å². The van der Waals surface area contributed by atoms with Crippen molar-refractivity contribution in [3.8, 4) is 0 Å². The molecule has 0 saturated heterocycles. The Bertz CT molecular complexity index is 291. The Morgan fingerprint density at radius 3 is 2.69 bits per heavy atom. The fraction of sp³-hybridized carbons (Fsp3) is 0.769. The standard InChI is InChI=1S/C13H25N3/c1-5-13(14-6-2)12-9-15-16(10-12)8-7-11(3)4/h9-11,13-14H,5-8H2,1-4H3. The fourth-order valence-corrected chi connectivity index (χ4v) is 1.82. The molecular weight excluding hydrogens is 198 g/mol. The van der Waals surface area contributed by atoms with Crippen LogP contribution in [0.25, 0.3) is 0 Å². The van der Waals surface area contributed by atoms with Crippen LogP contribution < -0.4 is 5.32 Å².